The Kier molecular flexibility index (Phi) is 2.45. The molecule has 1 fully saturated rings. The molecule has 0 amide bonds. The van der Waals surface area contributed by atoms with Crippen molar-refractivity contribution in [3.05, 3.63) is 23.8 Å². The molecule has 0 radical (unpaired) electrons. The summed E-state index contributed by atoms with van der Waals surface area (Å²) < 4.78 is 5.43. The molecule has 0 aromatic heterocycles. The average Bonchev–Trinajstić information content (AvgIpc) is 2.56. The van der Waals surface area contributed by atoms with E-state index in [9.17, 15) is 15.0 Å². The molecule has 0 unspecified atom stereocenters. The number of aliphatic hydroxyl groups is 2. The van der Waals surface area contributed by atoms with Crippen molar-refractivity contribution in [1.82, 2.24) is 0 Å². The van der Waals surface area contributed by atoms with Gasteiger partial charge in [-0.25, -0.2) is 0 Å². The largest absolute Gasteiger partial charge is 0.383 e. The van der Waals surface area contributed by atoms with E-state index >= 15 is 0 Å². The van der Waals surface area contributed by atoms with Gasteiger partial charge in [0.2, 0.25) is 5.79 Å². The number of fused-ring (bicyclic) bond motifs is 2. The first-order valence-corrected chi connectivity index (χ1v) is 6.77. The van der Waals surface area contributed by atoms with Gasteiger partial charge in [0.05, 0.1) is 6.61 Å². The summed E-state index contributed by atoms with van der Waals surface area (Å²) in [5, 5.41) is 21.5. The Balaban J connectivity index is 2.17. The Hall–Kier alpha value is -0.970. The number of carbonyl (C=O) groups excluding carboxylic acids is 1. The van der Waals surface area contributed by atoms with Crippen molar-refractivity contribution in [2.45, 2.75) is 38.6 Å². The minimum Gasteiger partial charge on any atom is -0.383 e. The average molecular weight is 264 g/mol. The van der Waals surface area contributed by atoms with Crippen molar-refractivity contribution in [2.24, 2.45) is 17.3 Å². The molecule has 3 rings (SSSR count). The molecule has 0 bridgehead atoms. The van der Waals surface area contributed by atoms with Crippen LogP contribution in [0.15, 0.2) is 23.8 Å². The van der Waals surface area contributed by atoms with Gasteiger partial charge in [0.1, 0.15) is 5.60 Å². The topological polar surface area (TPSA) is 66.8 Å². The molecule has 0 spiro atoms. The van der Waals surface area contributed by atoms with Gasteiger partial charge in [-0.1, -0.05) is 26.8 Å². The third-order valence-electron chi connectivity index (χ3n) is 5.45. The summed E-state index contributed by atoms with van der Waals surface area (Å²) in [5.74, 6) is -1.93. The second kappa shape index (κ2) is 3.57. The van der Waals surface area contributed by atoms with Gasteiger partial charge in [0, 0.05) is 17.3 Å². The number of ether oxygens (including phenoxy) is 1. The molecule has 0 saturated carbocycles. The third kappa shape index (κ3) is 1.42. The van der Waals surface area contributed by atoms with Crippen LogP contribution >= 0.6 is 0 Å². The van der Waals surface area contributed by atoms with Crippen molar-refractivity contribution in [3.8, 4) is 0 Å². The highest BCUT2D eigenvalue weighted by molar-refractivity contribution is 5.94. The normalized spacial score (nSPS) is 52.7. The van der Waals surface area contributed by atoms with Gasteiger partial charge >= 0.3 is 0 Å². The third-order valence-corrected chi connectivity index (χ3v) is 5.45. The smallest absolute Gasteiger partial charge is 0.216 e. The number of carbonyl (C=O) groups is 1. The van der Waals surface area contributed by atoms with Crippen LogP contribution in [0.3, 0.4) is 0 Å². The summed E-state index contributed by atoms with van der Waals surface area (Å²) in [4.78, 5) is 11.9. The highest BCUT2D eigenvalue weighted by Gasteiger charge is 2.64. The molecule has 1 saturated heterocycles. The number of hydrogen-bond acceptors (Lipinski definition) is 4. The fraction of sp³-hybridized carbons (Fsp3) is 0.667. The molecular formula is C15H20O4. The Morgan fingerprint density at radius 3 is 2.68 bits per heavy atom. The lowest BCUT2D eigenvalue weighted by molar-refractivity contribution is -0.242. The molecule has 3 aliphatic rings. The predicted octanol–water partition coefficient (Wildman–Crippen LogP) is 1.18. The van der Waals surface area contributed by atoms with Crippen LogP contribution in [0, 0.1) is 17.3 Å². The molecule has 5 atom stereocenters. The van der Waals surface area contributed by atoms with E-state index in [1.807, 2.05) is 20.8 Å². The number of allylic oxidation sites excluding steroid dienone is 3. The zero-order valence-electron chi connectivity index (χ0n) is 11.5. The first kappa shape index (κ1) is 13.0. The van der Waals surface area contributed by atoms with E-state index in [-0.39, 0.29) is 17.6 Å². The molecule has 1 heterocycles. The van der Waals surface area contributed by atoms with Crippen LogP contribution in [0.25, 0.3) is 0 Å². The van der Waals surface area contributed by atoms with Gasteiger partial charge in [0.15, 0.2) is 5.78 Å². The maximum absolute atomic E-state index is 11.9. The molecule has 2 aliphatic carbocycles. The standard InChI is InChI=1S/C15H20O4/c1-9-7-19-15(18)6-11-4-5-12(16)10(2)13(11,3)8-14(9,15)17/h4-6,9-10,17-18H,7-8H2,1-3H3/t9-,10-,13+,14+,15-/m0/s1. The zero-order valence-corrected chi connectivity index (χ0v) is 11.5. The summed E-state index contributed by atoms with van der Waals surface area (Å²) in [6.07, 6.45) is 5.22. The van der Waals surface area contributed by atoms with E-state index in [0.717, 1.165) is 5.57 Å². The van der Waals surface area contributed by atoms with E-state index < -0.39 is 16.8 Å². The van der Waals surface area contributed by atoms with Crippen molar-refractivity contribution in [3.63, 3.8) is 0 Å². The molecule has 104 valence electrons. The van der Waals surface area contributed by atoms with Crippen LogP contribution < -0.4 is 0 Å². The summed E-state index contributed by atoms with van der Waals surface area (Å²) in [5.41, 5.74) is -0.902. The Morgan fingerprint density at radius 2 is 2.00 bits per heavy atom. The molecule has 2 N–H and O–H groups in total. The fourth-order valence-corrected chi connectivity index (χ4v) is 3.64. The molecule has 4 heteroatoms. The minimum absolute atomic E-state index is 0.0697. The molecule has 1 aliphatic heterocycles. The first-order valence-electron chi connectivity index (χ1n) is 6.77. The van der Waals surface area contributed by atoms with Gasteiger partial charge in [-0.05, 0) is 24.1 Å². The summed E-state index contributed by atoms with van der Waals surface area (Å²) in [6, 6.07) is 0. The van der Waals surface area contributed by atoms with E-state index in [1.165, 1.54) is 0 Å². The first-order chi connectivity index (χ1) is 8.73. The van der Waals surface area contributed by atoms with Crippen molar-refractivity contribution in [2.75, 3.05) is 6.61 Å². The predicted molar refractivity (Wildman–Crippen MR) is 69.1 cm³/mol. The van der Waals surface area contributed by atoms with Crippen molar-refractivity contribution < 1.29 is 19.7 Å². The number of hydrogen-bond donors (Lipinski definition) is 2. The highest BCUT2D eigenvalue weighted by Crippen LogP contribution is 2.57. The summed E-state index contributed by atoms with van der Waals surface area (Å²) in [7, 11) is 0. The monoisotopic (exact) mass is 264 g/mol. The lowest BCUT2D eigenvalue weighted by Gasteiger charge is -2.51. The van der Waals surface area contributed by atoms with Crippen LogP contribution in [-0.2, 0) is 9.53 Å². The Bertz CT molecular complexity index is 508. The van der Waals surface area contributed by atoms with Gasteiger partial charge < -0.3 is 14.9 Å². The van der Waals surface area contributed by atoms with E-state index in [0.29, 0.717) is 13.0 Å². The SMILES string of the molecule is C[C@H]1C(=O)C=CC2=C[C@]3(O)OC[C@H](C)[C@]3(O)C[C@@]21C. The van der Waals surface area contributed by atoms with Gasteiger partial charge in [-0.15, -0.1) is 0 Å². The lowest BCUT2D eigenvalue weighted by atomic mass is 9.56. The van der Waals surface area contributed by atoms with Crippen LogP contribution in [0.4, 0.5) is 0 Å². The van der Waals surface area contributed by atoms with E-state index in [4.69, 9.17) is 4.74 Å². The van der Waals surface area contributed by atoms with Crippen LogP contribution in [-0.4, -0.2) is 34.0 Å². The maximum Gasteiger partial charge on any atom is 0.216 e. The Morgan fingerprint density at radius 1 is 1.32 bits per heavy atom. The van der Waals surface area contributed by atoms with E-state index in [1.54, 1.807) is 18.2 Å². The number of rotatable bonds is 0. The highest BCUT2D eigenvalue weighted by atomic mass is 16.6. The van der Waals surface area contributed by atoms with Crippen molar-refractivity contribution in [1.29, 1.82) is 0 Å². The van der Waals surface area contributed by atoms with Gasteiger partial charge in [-0.3, -0.25) is 4.79 Å². The molecular weight excluding hydrogens is 244 g/mol. The molecule has 19 heavy (non-hydrogen) atoms. The summed E-state index contributed by atoms with van der Waals surface area (Å²) >= 11 is 0. The zero-order chi connectivity index (χ0) is 14.1. The van der Waals surface area contributed by atoms with E-state index in [2.05, 4.69) is 0 Å². The Labute approximate surface area is 112 Å². The molecule has 4 nitrogen and oxygen atoms in total. The molecule has 0 aromatic rings. The van der Waals surface area contributed by atoms with Gasteiger partial charge in [0.25, 0.3) is 0 Å². The van der Waals surface area contributed by atoms with Crippen LogP contribution in [0.1, 0.15) is 27.2 Å². The second-order valence-corrected chi connectivity index (χ2v) is 6.48. The molecule has 0 aromatic carbocycles. The van der Waals surface area contributed by atoms with Gasteiger partial charge in [-0.2, -0.15) is 0 Å². The van der Waals surface area contributed by atoms with Crippen LogP contribution in [0.2, 0.25) is 0 Å². The summed E-state index contributed by atoms with van der Waals surface area (Å²) in [6.45, 7) is 6.05. The fourth-order valence-electron chi connectivity index (χ4n) is 3.64. The minimum atomic E-state index is -1.63. The quantitative estimate of drug-likeness (QED) is 0.689. The number of ketones is 1. The lowest BCUT2D eigenvalue weighted by Crippen LogP contribution is -2.60. The van der Waals surface area contributed by atoms with Crippen LogP contribution in [0.5, 0.6) is 0 Å². The second-order valence-electron chi connectivity index (χ2n) is 6.48. The maximum atomic E-state index is 11.9. The van der Waals surface area contributed by atoms with Crippen molar-refractivity contribution >= 4 is 5.78 Å².